The van der Waals surface area contributed by atoms with Crippen LogP contribution >= 0.6 is 0 Å². The molecule has 0 unspecified atom stereocenters. The smallest absolute Gasteiger partial charge is 0.120 e. The molecule has 0 N–H and O–H groups in total. The van der Waals surface area contributed by atoms with Gasteiger partial charge in [-0.3, -0.25) is 0 Å². The van der Waals surface area contributed by atoms with Crippen molar-refractivity contribution in [3.8, 4) is 22.6 Å². The Morgan fingerprint density at radius 1 is 0.529 bits per heavy atom. The number of ether oxygens (including phenoxy) is 2. The van der Waals surface area contributed by atoms with Crippen LogP contribution < -0.4 is 9.47 Å². The van der Waals surface area contributed by atoms with Crippen LogP contribution in [0.2, 0.25) is 0 Å². The summed E-state index contributed by atoms with van der Waals surface area (Å²) in [7, 11) is 0. The Hall–Kier alpha value is -4.56. The molecule has 0 spiro atoms. The Balaban J connectivity index is 1.58. The van der Waals surface area contributed by atoms with E-state index < -0.39 is 5.41 Å². The lowest BCUT2D eigenvalue weighted by atomic mass is 9.67. The molecule has 4 aromatic carbocycles. The molecule has 0 bridgehead atoms. The van der Waals surface area contributed by atoms with Gasteiger partial charge in [0.2, 0.25) is 0 Å². The van der Waals surface area contributed by atoms with E-state index in [0.717, 1.165) is 24.3 Å². The van der Waals surface area contributed by atoms with Gasteiger partial charge in [0.25, 0.3) is 0 Å². The van der Waals surface area contributed by atoms with Crippen LogP contribution in [0.3, 0.4) is 0 Å². The van der Waals surface area contributed by atoms with Gasteiger partial charge < -0.3 is 9.47 Å². The van der Waals surface area contributed by atoms with Crippen LogP contribution in [-0.4, -0.2) is 11.2 Å². The van der Waals surface area contributed by atoms with Gasteiger partial charge in [-0.25, -0.2) is 0 Å². The zero-order valence-corrected chi connectivity index (χ0v) is 32.7. The summed E-state index contributed by atoms with van der Waals surface area (Å²) in [4.78, 5) is 0. The second-order valence-electron chi connectivity index (χ2n) is 17.1. The predicted octanol–water partition coefficient (Wildman–Crippen LogP) is 13.3. The van der Waals surface area contributed by atoms with Crippen molar-refractivity contribution in [2.75, 3.05) is 0 Å². The van der Waals surface area contributed by atoms with E-state index in [1.54, 1.807) is 0 Å². The Labute approximate surface area is 308 Å². The molecular formula is C49H58O2. The predicted molar refractivity (Wildman–Crippen MR) is 218 cm³/mol. The number of hydrogen-bond donors (Lipinski definition) is 0. The molecule has 2 heteroatoms. The fourth-order valence-corrected chi connectivity index (χ4v) is 8.57. The minimum Gasteiger partial charge on any atom is -0.488 e. The van der Waals surface area contributed by atoms with Gasteiger partial charge in [0.1, 0.15) is 22.7 Å². The van der Waals surface area contributed by atoms with Gasteiger partial charge in [-0.1, -0.05) is 149 Å². The van der Waals surface area contributed by atoms with Crippen LogP contribution in [0, 0.1) is 24.7 Å². The van der Waals surface area contributed by atoms with Gasteiger partial charge in [-0.2, -0.15) is 0 Å². The van der Waals surface area contributed by atoms with E-state index >= 15 is 0 Å². The highest BCUT2D eigenvalue weighted by Crippen LogP contribution is 2.57. The van der Waals surface area contributed by atoms with Crippen LogP contribution in [0.4, 0.5) is 0 Å². The van der Waals surface area contributed by atoms with Crippen LogP contribution in [0.15, 0.2) is 135 Å². The van der Waals surface area contributed by atoms with Crippen molar-refractivity contribution in [1.82, 2.24) is 0 Å². The maximum absolute atomic E-state index is 6.68. The summed E-state index contributed by atoms with van der Waals surface area (Å²) in [5.74, 6) is 1.73. The maximum atomic E-state index is 6.68. The van der Waals surface area contributed by atoms with Crippen molar-refractivity contribution in [2.45, 2.75) is 98.7 Å². The average molecular weight is 679 g/mol. The minimum atomic E-state index is -0.514. The second-order valence-corrected chi connectivity index (χ2v) is 17.1. The van der Waals surface area contributed by atoms with E-state index in [9.17, 15) is 0 Å². The lowest BCUT2D eigenvalue weighted by Crippen LogP contribution is -2.34. The van der Waals surface area contributed by atoms with Crippen LogP contribution in [0.25, 0.3) is 11.1 Å². The monoisotopic (exact) mass is 678 g/mol. The fraction of sp³-hybridized carbons (Fsp3) is 0.347. The van der Waals surface area contributed by atoms with E-state index in [0.29, 0.717) is 0 Å². The summed E-state index contributed by atoms with van der Waals surface area (Å²) >= 11 is 0. The molecule has 0 aliphatic heterocycles. The van der Waals surface area contributed by atoms with E-state index in [2.05, 4.69) is 179 Å². The van der Waals surface area contributed by atoms with Crippen molar-refractivity contribution >= 4 is 0 Å². The minimum absolute atomic E-state index is 0.0292. The number of benzene rings is 4. The molecule has 1 aliphatic carbocycles. The summed E-state index contributed by atoms with van der Waals surface area (Å²) in [6.45, 7) is 29.7. The van der Waals surface area contributed by atoms with Gasteiger partial charge in [0.05, 0.1) is 5.41 Å². The number of hydrogen-bond acceptors (Lipinski definition) is 2. The second kappa shape index (κ2) is 14.2. The standard InChI is InChI=1S/C49H58O2/c1-13-15-29-45(5,6)33-47(9,10)50-39-23-19-37(20-24-39)49(43-31-35(3)17-27-41(43)42-28-18-36(4)32-44(42)49)38-21-25-40(26-22-38)51-48(11,12)34-46(7,8)30-16-14-2/h13-32H,1-2,33-34H2,3-12H3/b29-15+,30-16+. The molecule has 0 amide bonds. The van der Waals surface area contributed by atoms with Gasteiger partial charge in [-0.05, 0) is 123 Å². The largest absolute Gasteiger partial charge is 0.488 e. The average Bonchev–Trinajstić information content (AvgIpc) is 3.31. The number of aryl methyl sites for hydroxylation is 2. The molecule has 0 aromatic heterocycles. The third-order valence-electron chi connectivity index (χ3n) is 9.94. The Morgan fingerprint density at radius 3 is 1.22 bits per heavy atom. The quantitative estimate of drug-likeness (QED) is 0.109. The summed E-state index contributed by atoms with van der Waals surface area (Å²) in [6, 6.07) is 31.5. The van der Waals surface area contributed by atoms with Gasteiger partial charge in [-0.15, -0.1) is 0 Å². The molecule has 4 aromatic rings. The maximum Gasteiger partial charge on any atom is 0.120 e. The van der Waals surface area contributed by atoms with Crippen LogP contribution in [0.5, 0.6) is 11.5 Å². The zero-order valence-electron chi connectivity index (χ0n) is 32.7. The lowest BCUT2D eigenvalue weighted by molar-refractivity contribution is 0.0693. The summed E-state index contributed by atoms with van der Waals surface area (Å²) in [6.07, 6.45) is 13.8. The molecule has 0 saturated heterocycles. The molecular weight excluding hydrogens is 621 g/mol. The van der Waals surface area contributed by atoms with Crippen LogP contribution in [-0.2, 0) is 5.41 Å². The number of allylic oxidation sites excluding steroid dienone is 6. The molecule has 0 atom stereocenters. The summed E-state index contributed by atoms with van der Waals surface area (Å²) in [5, 5.41) is 0. The van der Waals surface area contributed by atoms with Crippen molar-refractivity contribution in [1.29, 1.82) is 0 Å². The molecule has 0 radical (unpaired) electrons. The molecule has 2 nitrogen and oxygen atoms in total. The summed E-state index contributed by atoms with van der Waals surface area (Å²) in [5.41, 5.74) is 8.77. The van der Waals surface area contributed by atoms with Crippen molar-refractivity contribution < 1.29 is 9.47 Å². The molecule has 5 rings (SSSR count). The highest BCUT2D eigenvalue weighted by Gasteiger charge is 2.46. The Bertz CT molecular complexity index is 1780. The highest BCUT2D eigenvalue weighted by atomic mass is 16.5. The number of rotatable bonds is 14. The number of fused-ring (bicyclic) bond motifs is 3. The first-order chi connectivity index (χ1) is 23.9. The Kier molecular flexibility index (Phi) is 10.5. The first kappa shape index (κ1) is 37.7. The first-order valence-electron chi connectivity index (χ1n) is 18.3. The molecule has 1 aliphatic rings. The third kappa shape index (κ3) is 8.33. The van der Waals surface area contributed by atoms with Crippen molar-refractivity contribution in [2.24, 2.45) is 10.8 Å². The summed E-state index contributed by atoms with van der Waals surface area (Å²) < 4.78 is 13.4. The zero-order chi connectivity index (χ0) is 37.2. The van der Waals surface area contributed by atoms with E-state index in [4.69, 9.17) is 9.47 Å². The first-order valence-corrected chi connectivity index (χ1v) is 18.3. The normalized spacial score (nSPS) is 14.4. The van der Waals surface area contributed by atoms with Gasteiger partial charge in [0, 0.05) is 0 Å². The molecule has 0 heterocycles. The SMILES string of the molecule is C=C/C=C/C(C)(C)CC(C)(C)Oc1ccc(C2(c3ccc(OC(C)(C)CC(C)(C)/C=C/C=C)cc3)c3cc(C)ccc3-c3ccc(C)cc32)cc1. The fourth-order valence-electron chi connectivity index (χ4n) is 8.57. The third-order valence-corrected chi connectivity index (χ3v) is 9.94. The molecule has 51 heavy (non-hydrogen) atoms. The molecule has 0 saturated carbocycles. The van der Waals surface area contributed by atoms with Gasteiger partial charge >= 0.3 is 0 Å². The lowest BCUT2D eigenvalue weighted by Gasteiger charge is -2.36. The molecule has 0 fully saturated rings. The Morgan fingerprint density at radius 2 is 0.882 bits per heavy atom. The van der Waals surface area contributed by atoms with Crippen LogP contribution in [0.1, 0.15) is 102 Å². The molecule has 266 valence electrons. The van der Waals surface area contributed by atoms with Crippen molar-refractivity contribution in [3.63, 3.8) is 0 Å². The van der Waals surface area contributed by atoms with Gasteiger partial charge in [0.15, 0.2) is 0 Å². The van der Waals surface area contributed by atoms with E-state index in [1.807, 2.05) is 24.3 Å². The highest BCUT2D eigenvalue weighted by molar-refractivity contribution is 5.86. The van der Waals surface area contributed by atoms with E-state index in [1.165, 1.54) is 44.5 Å². The topological polar surface area (TPSA) is 18.5 Å². The van der Waals surface area contributed by atoms with Crippen molar-refractivity contribution in [3.05, 3.63) is 168 Å². The van der Waals surface area contributed by atoms with E-state index in [-0.39, 0.29) is 22.0 Å².